The molecule has 0 aliphatic heterocycles. The van der Waals surface area contributed by atoms with E-state index in [9.17, 15) is 4.79 Å². The van der Waals surface area contributed by atoms with Gasteiger partial charge in [0.25, 0.3) is 0 Å². The number of nitrogens with two attached hydrogens (primary N) is 1. The highest BCUT2D eigenvalue weighted by molar-refractivity contribution is 7.99. The van der Waals surface area contributed by atoms with Crippen LogP contribution in [-0.4, -0.2) is 35.1 Å². The maximum Gasteiger partial charge on any atom is 0.343 e. The molecule has 6 nitrogen and oxygen atoms in total. The highest BCUT2D eigenvalue weighted by Gasteiger charge is 2.21. The molecule has 0 radical (unpaired) electrons. The van der Waals surface area contributed by atoms with Crippen LogP contribution in [0.1, 0.15) is 30.1 Å². The molecule has 2 N–H and O–H groups in total. The van der Waals surface area contributed by atoms with E-state index < -0.39 is 5.97 Å². The van der Waals surface area contributed by atoms with Gasteiger partial charge in [0.1, 0.15) is 11.4 Å². The predicted molar refractivity (Wildman–Crippen MR) is 71.8 cm³/mol. The van der Waals surface area contributed by atoms with Crippen molar-refractivity contribution in [3.63, 3.8) is 0 Å². The van der Waals surface area contributed by atoms with E-state index in [1.165, 1.54) is 30.8 Å². The normalized spacial score (nSPS) is 14.4. The number of hydrogen-bond donors (Lipinski definition) is 1. The molecule has 1 aromatic heterocycles. The number of rotatable bonds is 7. The fourth-order valence-corrected chi connectivity index (χ4v) is 1.98. The number of carbonyl (C=O) groups is 1. The number of nitrogens with zero attached hydrogens (tertiary/aromatic N) is 2. The summed E-state index contributed by atoms with van der Waals surface area (Å²) in [5.74, 6) is 0.867. The molecule has 0 bridgehead atoms. The Morgan fingerprint density at radius 3 is 3.00 bits per heavy atom. The molecule has 0 atom stereocenters. The summed E-state index contributed by atoms with van der Waals surface area (Å²) < 4.78 is 10.3. The van der Waals surface area contributed by atoms with Gasteiger partial charge in [-0.05, 0) is 25.7 Å². The first kappa shape index (κ1) is 14.1. The molecular weight excluding hydrogens is 266 g/mol. The maximum absolute atomic E-state index is 11.5. The average molecular weight is 283 g/mol. The zero-order valence-electron chi connectivity index (χ0n) is 10.8. The van der Waals surface area contributed by atoms with Crippen LogP contribution in [0.15, 0.2) is 11.4 Å². The lowest BCUT2D eigenvalue weighted by Crippen LogP contribution is -2.10. The molecule has 7 heteroatoms. The summed E-state index contributed by atoms with van der Waals surface area (Å²) in [5.41, 5.74) is 5.91. The largest absolute Gasteiger partial charge is 0.462 e. The quantitative estimate of drug-likeness (QED) is 0.268. The number of ether oxygens (including phenoxy) is 2. The Labute approximate surface area is 116 Å². The van der Waals surface area contributed by atoms with Crippen molar-refractivity contribution < 1.29 is 14.3 Å². The van der Waals surface area contributed by atoms with Crippen molar-refractivity contribution in [1.82, 2.24) is 9.97 Å². The van der Waals surface area contributed by atoms with Gasteiger partial charge in [-0.3, -0.25) is 0 Å². The Hall–Kier alpha value is -1.34. The van der Waals surface area contributed by atoms with Crippen LogP contribution < -0.4 is 5.73 Å². The zero-order valence-corrected chi connectivity index (χ0v) is 11.6. The van der Waals surface area contributed by atoms with Crippen LogP contribution in [0.3, 0.4) is 0 Å². The fraction of sp³-hybridized carbons (Fsp3) is 0.583. The van der Waals surface area contributed by atoms with Crippen LogP contribution in [-0.2, 0) is 9.47 Å². The molecule has 0 amide bonds. The van der Waals surface area contributed by atoms with Gasteiger partial charge in [0.05, 0.1) is 19.2 Å². The summed E-state index contributed by atoms with van der Waals surface area (Å²) >= 11 is 1.36. The van der Waals surface area contributed by atoms with Crippen LogP contribution in [0.4, 0.5) is 5.82 Å². The van der Waals surface area contributed by atoms with Gasteiger partial charge >= 0.3 is 5.97 Å². The second-order valence-corrected chi connectivity index (χ2v) is 5.14. The molecule has 0 saturated heterocycles. The topological polar surface area (TPSA) is 87.3 Å². The Bertz CT molecular complexity index is 452. The van der Waals surface area contributed by atoms with Crippen molar-refractivity contribution in [2.45, 2.75) is 24.9 Å². The van der Waals surface area contributed by atoms with E-state index in [0.717, 1.165) is 12.5 Å². The predicted octanol–water partition coefficient (Wildman–Crippen LogP) is 1.71. The number of anilines is 1. The van der Waals surface area contributed by atoms with Gasteiger partial charge in [-0.2, -0.15) is 0 Å². The highest BCUT2D eigenvalue weighted by Crippen LogP contribution is 2.29. The summed E-state index contributed by atoms with van der Waals surface area (Å²) in [6.07, 6.45) is 3.92. The van der Waals surface area contributed by atoms with E-state index in [1.54, 1.807) is 6.92 Å². The lowest BCUT2D eigenvalue weighted by atomic mass is 10.3. The Balaban J connectivity index is 1.84. The molecule has 1 aliphatic carbocycles. The Morgan fingerprint density at radius 1 is 1.58 bits per heavy atom. The molecule has 1 fully saturated rings. The van der Waals surface area contributed by atoms with E-state index in [1.807, 2.05) is 0 Å². The van der Waals surface area contributed by atoms with Crippen LogP contribution in [0.2, 0.25) is 0 Å². The van der Waals surface area contributed by atoms with Crippen LogP contribution in [0, 0.1) is 5.92 Å². The van der Waals surface area contributed by atoms with Crippen molar-refractivity contribution >= 4 is 23.5 Å². The van der Waals surface area contributed by atoms with Gasteiger partial charge in [-0.15, -0.1) is 0 Å². The van der Waals surface area contributed by atoms with E-state index in [4.69, 9.17) is 15.2 Å². The van der Waals surface area contributed by atoms with Gasteiger partial charge in [-0.1, -0.05) is 11.8 Å². The second kappa shape index (κ2) is 6.72. The number of carbonyl (C=O) groups excluding carboxylic acids is 1. The zero-order chi connectivity index (χ0) is 13.7. The molecule has 1 saturated carbocycles. The third-order valence-electron chi connectivity index (χ3n) is 2.61. The molecule has 1 aliphatic rings. The summed E-state index contributed by atoms with van der Waals surface area (Å²) in [6.45, 7) is 2.82. The number of aromatic nitrogens is 2. The lowest BCUT2D eigenvalue weighted by Gasteiger charge is -2.06. The van der Waals surface area contributed by atoms with Crippen LogP contribution in [0.25, 0.3) is 0 Å². The van der Waals surface area contributed by atoms with Gasteiger partial charge in [-0.25, -0.2) is 14.8 Å². The first-order valence-corrected chi connectivity index (χ1v) is 7.19. The van der Waals surface area contributed by atoms with Crippen molar-refractivity contribution in [3.8, 4) is 0 Å². The van der Waals surface area contributed by atoms with E-state index >= 15 is 0 Å². The lowest BCUT2D eigenvalue weighted by molar-refractivity contribution is 0.0526. The molecule has 0 unspecified atom stereocenters. The molecule has 104 valence electrons. The van der Waals surface area contributed by atoms with E-state index in [2.05, 4.69) is 9.97 Å². The van der Waals surface area contributed by atoms with Gasteiger partial charge in [0, 0.05) is 6.20 Å². The van der Waals surface area contributed by atoms with Crippen molar-refractivity contribution in [2.24, 2.45) is 5.92 Å². The highest BCUT2D eigenvalue weighted by atomic mass is 32.2. The average Bonchev–Trinajstić information content (AvgIpc) is 3.19. The SMILES string of the molecule is CCOC(=O)c1cnc(SCOCC2CC2)nc1N. The molecule has 0 spiro atoms. The maximum atomic E-state index is 11.5. The van der Waals surface area contributed by atoms with Crippen molar-refractivity contribution in [3.05, 3.63) is 11.8 Å². The molecule has 2 rings (SSSR count). The first-order chi connectivity index (χ1) is 9.20. The number of esters is 1. The minimum absolute atomic E-state index is 0.137. The molecule has 19 heavy (non-hydrogen) atoms. The van der Waals surface area contributed by atoms with Crippen molar-refractivity contribution in [2.75, 3.05) is 24.9 Å². The van der Waals surface area contributed by atoms with Crippen molar-refractivity contribution in [1.29, 1.82) is 0 Å². The summed E-state index contributed by atoms with van der Waals surface area (Å²) in [5, 5.41) is 0.501. The molecular formula is C12H17N3O3S. The van der Waals surface area contributed by atoms with Crippen LogP contribution >= 0.6 is 11.8 Å². The first-order valence-electron chi connectivity index (χ1n) is 6.21. The summed E-state index contributed by atoms with van der Waals surface area (Å²) in [7, 11) is 0. The number of nitrogen functional groups attached to an aromatic ring is 1. The van der Waals surface area contributed by atoms with E-state index in [0.29, 0.717) is 17.7 Å². The van der Waals surface area contributed by atoms with Gasteiger partial charge in [0.15, 0.2) is 5.16 Å². The minimum atomic E-state index is -0.499. The Morgan fingerprint density at radius 2 is 2.37 bits per heavy atom. The van der Waals surface area contributed by atoms with E-state index in [-0.39, 0.29) is 11.4 Å². The third-order valence-corrected chi connectivity index (χ3v) is 3.35. The standard InChI is InChI=1S/C12H17N3O3S/c1-2-18-11(16)9-5-14-12(15-10(9)13)19-7-17-6-8-3-4-8/h5,8H,2-4,6-7H2,1H3,(H2,13,14,15). The van der Waals surface area contributed by atoms with Gasteiger partial charge < -0.3 is 15.2 Å². The fourth-order valence-electron chi connectivity index (χ4n) is 1.41. The summed E-state index contributed by atoms with van der Waals surface area (Å²) in [6, 6.07) is 0. The molecule has 0 aromatic carbocycles. The monoisotopic (exact) mass is 283 g/mol. The third kappa shape index (κ3) is 4.36. The van der Waals surface area contributed by atoms with Gasteiger partial charge in [0.2, 0.25) is 0 Å². The smallest absolute Gasteiger partial charge is 0.343 e. The number of thioether (sulfide) groups is 1. The Kier molecular flexibility index (Phi) is 4.98. The number of hydrogen-bond acceptors (Lipinski definition) is 7. The van der Waals surface area contributed by atoms with Crippen LogP contribution in [0.5, 0.6) is 0 Å². The minimum Gasteiger partial charge on any atom is -0.462 e. The second-order valence-electron chi connectivity index (χ2n) is 4.25. The summed E-state index contributed by atoms with van der Waals surface area (Å²) in [4.78, 5) is 19.6. The molecule has 1 aromatic rings. The molecule has 1 heterocycles.